The zero-order valence-corrected chi connectivity index (χ0v) is 20.4. The van der Waals surface area contributed by atoms with Crippen molar-refractivity contribution < 1.29 is 27.9 Å². The number of hydrogen-bond acceptors (Lipinski definition) is 3. The molecule has 0 saturated heterocycles. The van der Waals surface area contributed by atoms with Crippen LogP contribution in [-0.2, 0) is 15.8 Å². The maximum absolute atomic E-state index is 13.3. The predicted octanol–water partition coefficient (Wildman–Crippen LogP) is 6.15. The Morgan fingerprint density at radius 1 is 1.09 bits per heavy atom. The monoisotopic (exact) mass is 489 g/mol. The number of rotatable bonds is 3. The molecular formula is C28H34F3NO3. The van der Waals surface area contributed by atoms with Crippen LogP contribution in [0, 0.1) is 34.5 Å². The molecule has 4 aliphatic rings. The third kappa shape index (κ3) is 3.94. The molecule has 35 heavy (non-hydrogen) atoms. The Balaban J connectivity index is 1.37. The molecule has 4 nitrogen and oxygen atoms in total. The Hall–Kier alpha value is -2.15. The third-order valence-electron chi connectivity index (χ3n) is 10.1. The van der Waals surface area contributed by atoms with Crippen molar-refractivity contribution in [1.29, 1.82) is 0 Å². The standard InChI is InChI=1S/C28H34F3NO3/c1-26-12-10-22-20(13-16(15-33)24-14-19(34)9-11-27(22,24)2)21(26)7-8-23(26)25(35)32-18-5-3-17(4-6-18)28(29,30)31/h3-6,20-23,33H,7-15H2,1-2H3,(H,32,35)/t20?,21?,22?,23-,26+,27-/m1/s1. The van der Waals surface area contributed by atoms with E-state index in [1.165, 1.54) is 17.7 Å². The second-order valence-electron chi connectivity index (χ2n) is 11.7. The Labute approximate surface area is 204 Å². The van der Waals surface area contributed by atoms with E-state index in [4.69, 9.17) is 0 Å². The molecule has 4 aliphatic carbocycles. The second kappa shape index (κ2) is 8.46. The number of fused-ring (bicyclic) bond motifs is 5. The zero-order chi connectivity index (χ0) is 25.2. The number of alkyl halides is 3. The highest BCUT2D eigenvalue weighted by molar-refractivity contribution is 5.93. The molecule has 2 N–H and O–H groups in total. The summed E-state index contributed by atoms with van der Waals surface area (Å²) < 4.78 is 38.6. The average Bonchev–Trinajstić information content (AvgIpc) is 3.16. The first-order chi connectivity index (χ1) is 16.5. The minimum Gasteiger partial charge on any atom is -0.392 e. The maximum Gasteiger partial charge on any atom is 0.416 e. The quantitative estimate of drug-likeness (QED) is 0.500. The van der Waals surface area contributed by atoms with Crippen LogP contribution in [0.3, 0.4) is 0 Å². The lowest BCUT2D eigenvalue weighted by Gasteiger charge is -2.58. The fourth-order valence-electron chi connectivity index (χ4n) is 8.31. The van der Waals surface area contributed by atoms with Crippen LogP contribution in [-0.4, -0.2) is 23.4 Å². The van der Waals surface area contributed by atoms with E-state index in [1.54, 1.807) is 0 Å². The zero-order valence-electron chi connectivity index (χ0n) is 20.4. The fourth-order valence-corrected chi connectivity index (χ4v) is 8.31. The smallest absolute Gasteiger partial charge is 0.392 e. The van der Waals surface area contributed by atoms with Gasteiger partial charge < -0.3 is 10.4 Å². The number of anilines is 1. The van der Waals surface area contributed by atoms with Crippen molar-refractivity contribution in [2.45, 2.75) is 71.4 Å². The van der Waals surface area contributed by atoms with E-state index in [0.29, 0.717) is 36.3 Å². The van der Waals surface area contributed by atoms with Gasteiger partial charge in [-0.2, -0.15) is 13.2 Å². The van der Waals surface area contributed by atoms with Gasteiger partial charge in [0.1, 0.15) is 5.78 Å². The molecule has 1 aromatic rings. The third-order valence-corrected chi connectivity index (χ3v) is 10.1. The number of benzene rings is 1. The van der Waals surface area contributed by atoms with Crippen molar-refractivity contribution in [2.75, 3.05) is 11.9 Å². The van der Waals surface area contributed by atoms with Gasteiger partial charge in [0.05, 0.1) is 12.2 Å². The van der Waals surface area contributed by atoms with Gasteiger partial charge in [0.25, 0.3) is 0 Å². The molecule has 3 saturated carbocycles. The predicted molar refractivity (Wildman–Crippen MR) is 126 cm³/mol. The number of nitrogens with one attached hydrogen (secondary N) is 1. The molecule has 7 heteroatoms. The summed E-state index contributed by atoms with van der Waals surface area (Å²) in [6, 6.07) is 4.63. The number of Topliss-reactive ketones (excluding diaryl/α,β-unsaturated/α-hetero) is 1. The highest BCUT2D eigenvalue weighted by Gasteiger charge is 2.60. The van der Waals surface area contributed by atoms with E-state index < -0.39 is 11.7 Å². The number of halogens is 3. The Bertz CT molecular complexity index is 1060. The van der Waals surface area contributed by atoms with Crippen LogP contribution in [0.1, 0.15) is 70.8 Å². The summed E-state index contributed by atoms with van der Waals surface area (Å²) >= 11 is 0. The van der Waals surface area contributed by atoms with E-state index in [0.717, 1.165) is 56.2 Å². The first-order valence-corrected chi connectivity index (χ1v) is 12.8. The molecule has 0 spiro atoms. The molecule has 3 unspecified atom stereocenters. The first-order valence-electron chi connectivity index (χ1n) is 12.8. The van der Waals surface area contributed by atoms with Crippen molar-refractivity contribution in [3.8, 4) is 0 Å². The molecule has 6 atom stereocenters. The van der Waals surface area contributed by atoms with Gasteiger partial charge in [0.2, 0.25) is 5.91 Å². The molecule has 1 aromatic carbocycles. The number of amides is 1. The summed E-state index contributed by atoms with van der Waals surface area (Å²) in [7, 11) is 0. The van der Waals surface area contributed by atoms with Crippen molar-refractivity contribution in [1.82, 2.24) is 0 Å². The highest BCUT2D eigenvalue weighted by Crippen LogP contribution is 2.67. The van der Waals surface area contributed by atoms with Crippen LogP contribution in [0.15, 0.2) is 35.4 Å². The van der Waals surface area contributed by atoms with E-state index >= 15 is 0 Å². The number of allylic oxidation sites excluding steroid dienone is 1. The fraction of sp³-hybridized carbons (Fsp3) is 0.643. The van der Waals surface area contributed by atoms with E-state index in [1.807, 2.05) is 0 Å². The SMILES string of the molecule is C[C@]12CCC(=O)CC1=C(CO)CC1C2CC[C@@]2(C)C1CC[C@@H]2C(=O)Nc1ccc(C(F)(F)F)cc1. The van der Waals surface area contributed by atoms with Gasteiger partial charge in [-0.05, 0) is 96.9 Å². The highest BCUT2D eigenvalue weighted by atomic mass is 19.4. The van der Waals surface area contributed by atoms with Crippen LogP contribution < -0.4 is 5.32 Å². The van der Waals surface area contributed by atoms with Crippen LogP contribution in [0.25, 0.3) is 0 Å². The Kier molecular flexibility index (Phi) is 5.93. The van der Waals surface area contributed by atoms with Gasteiger partial charge in [-0.3, -0.25) is 9.59 Å². The number of aliphatic hydroxyl groups is 1. The molecule has 0 radical (unpaired) electrons. The number of carbonyl (C=O) groups is 2. The molecule has 5 rings (SSSR count). The summed E-state index contributed by atoms with van der Waals surface area (Å²) in [4.78, 5) is 25.6. The van der Waals surface area contributed by atoms with Crippen molar-refractivity contribution >= 4 is 17.4 Å². The van der Waals surface area contributed by atoms with E-state index in [9.17, 15) is 27.9 Å². The molecule has 0 bridgehead atoms. The molecule has 190 valence electrons. The summed E-state index contributed by atoms with van der Waals surface area (Å²) in [5.41, 5.74) is 1.62. The molecule has 1 amide bonds. The Morgan fingerprint density at radius 2 is 1.80 bits per heavy atom. The van der Waals surface area contributed by atoms with Crippen LogP contribution in [0.2, 0.25) is 0 Å². The lowest BCUT2D eigenvalue weighted by atomic mass is 9.46. The second-order valence-corrected chi connectivity index (χ2v) is 11.7. The van der Waals surface area contributed by atoms with Gasteiger partial charge in [-0.25, -0.2) is 0 Å². The van der Waals surface area contributed by atoms with Gasteiger partial charge in [-0.1, -0.05) is 19.4 Å². The summed E-state index contributed by atoms with van der Waals surface area (Å²) in [5, 5.41) is 13.1. The van der Waals surface area contributed by atoms with Crippen LogP contribution in [0.4, 0.5) is 18.9 Å². The minimum atomic E-state index is -4.41. The normalized spacial score (nSPS) is 36.9. The summed E-state index contributed by atoms with van der Waals surface area (Å²) in [6.07, 6.45) is 1.92. The van der Waals surface area contributed by atoms with Crippen molar-refractivity contribution in [2.24, 2.45) is 34.5 Å². The van der Waals surface area contributed by atoms with Gasteiger partial charge in [-0.15, -0.1) is 0 Å². The van der Waals surface area contributed by atoms with Crippen molar-refractivity contribution in [3.05, 3.63) is 41.0 Å². The molecule has 0 aromatic heterocycles. The van der Waals surface area contributed by atoms with Crippen LogP contribution >= 0.6 is 0 Å². The topological polar surface area (TPSA) is 66.4 Å². The number of hydrogen-bond donors (Lipinski definition) is 2. The number of aliphatic hydroxyl groups excluding tert-OH is 1. The molecule has 3 fully saturated rings. The molecule has 0 aliphatic heterocycles. The van der Waals surface area contributed by atoms with Gasteiger partial charge >= 0.3 is 6.18 Å². The lowest BCUT2D eigenvalue weighted by Crippen LogP contribution is -2.52. The van der Waals surface area contributed by atoms with Crippen molar-refractivity contribution in [3.63, 3.8) is 0 Å². The maximum atomic E-state index is 13.3. The minimum absolute atomic E-state index is 0.0112. The van der Waals surface area contributed by atoms with Crippen LogP contribution in [0.5, 0.6) is 0 Å². The first kappa shape index (κ1) is 24.5. The van der Waals surface area contributed by atoms with E-state index in [-0.39, 0.29) is 35.0 Å². The van der Waals surface area contributed by atoms with E-state index in [2.05, 4.69) is 19.2 Å². The lowest BCUT2D eigenvalue weighted by molar-refractivity contribution is -0.137. The number of carbonyl (C=O) groups excluding carboxylic acids is 2. The van der Waals surface area contributed by atoms with Gasteiger partial charge in [0.15, 0.2) is 0 Å². The number of ketones is 1. The molecule has 0 heterocycles. The van der Waals surface area contributed by atoms with Gasteiger partial charge in [0, 0.05) is 24.4 Å². The Morgan fingerprint density at radius 3 is 2.46 bits per heavy atom. The molecular weight excluding hydrogens is 455 g/mol. The average molecular weight is 490 g/mol. The summed E-state index contributed by atoms with van der Waals surface area (Å²) in [5.74, 6) is 1.14. The summed E-state index contributed by atoms with van der Waals surface area (Å²) in [6.45, 7) is 4.48. The largest absolute Gasteiger partial charge is 0.416 e.